The number of anilines is 1. The van der Waals surface area contributed by atoms with Gasteiger partial charge in [-0.3, -0.25) is 0 Å². The number of rotatable bonds is 1. The Bertz CT molecular complexity index is 473. The molecule has 0 aromatic heterocycles. The minimum atomic E-state index is 0.240. The van der Waals surface area contributed by atoms with Gasteiger partial charge in [-0.1, -0.05) is 19.4 Å². The van der Waals surface area contributed by atoms with Crippen LogP contribution >= 0.6 is 0 Å². The third-order valence-electron chi connectivity index (χ3n) is 2.40. The first-order valence-corrected chi connectivity index (χ1v) is 4.73. The average Bonchev–Trinajstić information content (AvgIpc) is 2.19. The van der Waals surface area contributed by atoms with Gasteiger partial charge in [0.15, 0.2) is 0 Å². The first-order valence-electron chi connectivity index (χ1n) is 4.73. The second-order valence-corrected chi connectivity index (χ2v) is 3.80. The van der Waals surface area contributed by atoms with E-state index in [0.717, 1.165) is 11.1 Å². The largest absolute Gasteiger partial charge is 0.406 e. The summed E-state index contributed by atoms with van der Waals surface area (Å²) in [5.41, 5.74) is 8.81. The lowest BCUT2D eigenvalue weighted by Gasteiger charge is -2.14. The van der Waals surface area contributed by atoms with E-state index in [1.165, 1.54) is 0 Å². The van der Waals surface area contributed by atoms with E-state index in [4.69, 9.17) is 17.6 Å². The highest BCUT2D eigenvalue weighted by Crippen LogP contribution is 2.37. The Kier molecular flexibility index (Phi) is 2.97. The lowest BCUT2D eigenvalue weighted by Crippen LogP contribution is -1.99. The molecule has 3 nitrogen and oxygen atoms in total. The first kappa shape index (κ1) is 11.1. The number of nitrogens with two attached hydrogens (primary N) is 1. The summed E-state index contributed by atoms with van der Waals surface area (Å²) in [6.45, 7) is 13.1. The van der Waals surface area contributed by atoms with Gasteiger partial charge in [0.2, 0.25) is 5.69 Å². The Morgan fingerprint density at radius 3 is 2.53 bits per heavy atom. The van der Waals surface area contributed by atoms with Crippen molar-refractivity contribution in [2.24, 2.45) is 0 Å². The Balaban J connectivity index is 3.65. The van der Waals surface area contributed by atoms with Crippen molar-refractivity contribution in [2.75, 3.05) is 5.73 Å². The molecule has 1 aromatic carbocycles. The highest BCUT2D eigenvalue weighted by molar-refractivity contribution is 5.79. The van der Waals surface area contributed by atoms with Gasteiger partial charge in [-0.2, -0.15) is 5.26 Å². The van der Waals surface area contributed by atoms with Crippen LogP contribution in [-0.4, -0.2) is 0 Å². The Labute approximate surface area is 90.0 Å². The fourth-order valence-corrected chi connectivity index (χ4v) is 1.77. The van der Waals surface area contributed by atoms with Crippen LogP contribution in [0.4, 0.5) is 11.4 Å². The van der Waals surface area contributed by atoms with E-state index in [9.17, 15) is 0 Å². The van der Waals surface area contributed by atoms with Crippen molar-refractivity contribution in [1.29, 1.82) is 5.26 Å². The molecule has 0 atom stereocenters. The molecule has 0 saturated heterocycles. The van der Waals surface area contributed by atoms with Gasteiger partial charge in [-0.05, 0) is 24.5 Å². The Morgan fingerprint density at radius 1 is 1.53 bits per heavy atom. The van der Waals surface area contributed by atoms with E-state index in [1.54, 1.807) is 6.07 Å². The Morgan fingerprint density at radius 2 is 2.13 bits per heavy atom. The van der Waals surface area contributed by atoms with Crippen molar-refractivity contribution in [3.63, 3.8) is 0 Å². The van der Waals surface area contributed by atoms with Crippen LogP contribution in [0.3, 0.4) is 0 Å². The standard InChI is InChI=1S/C12H13N3/c1-7(2)10-8(3)5-9(6-13)11(14)12(10)15-4/h5,7H,14H2,1-3H3. The van der Waals surface area contributed by atoms with E-state index in [-0.39, 0.29) is 5.92 Å². The van der Waals surface area contributed by atoms with Gasteiger partial charge in [0.05, 0.1) is 23.9 Å². The SMILES string of the molecule is [C-]#[N+]c1c(N)c(C#N)cc(C)c1C(C)C. The fourth-order valence-electron chi connectivity index (χ4n) is 1.77. The van der Waals surface area contributed by atoms with Gasteiger partial charge in [0.25, 0.3) is 0 Å². The molecule has 0 aliphatic heterocycles. The minimum Gasteiger partial charge on any atom is -0.406 e. The van der Waals surface area contributed by atoms with Crippen molar-refractivity contribution in [2.45, 2.75) is 26.7 Å². The van der Waals surface area contributed by atoms with E-state index >= 15 is 0 Å². The molecule has 2 N–H and O–H groups in total. The van der Waals surface area contributed by atoms with E-state index in [1.807, 2.05) is 26.8 Å². The highest BCUT2D eigenvalue weighted by atomic mass is 14.7. The zero-order chi connectivity index (χ0) is 11.6. The van der Waals surface area contributed by atoms with Crippen LogP contribution in [0, 0.1) is 24.8 Å². The quantitative estimate of drug-likeness (QED) is 0.558. The molecule has 1 aromatic rings. The van der Waals surface area contributed by atoms with Crippen LogP contribution in [0.5, 0.6) is 0 Å². The summed E-state index contributed by atoms with van der Waals surface area (Å²) < 4.78 is 0. The van der Waals surface area contributed by atoms with Crippen LogP contribution in [0.25, 0.3) is 4.85 Å². The second kappa shape index (κ2) is 4.02. The third kappa shape index (κ3) is 1.78. The molecule has 0 aliphatic rings. The van der Waals surface area contributed by atoms with Gasteiger partial charge in [0, 0.05) is 0 Å². The molecule has 0 heterocycles. The maximum Gasteiger partial charge on any atom is 0.214 e. The Hall–Kier alpha value is -2.00. The highest BCUT2D eigenvalue weighted by Gasteiger charge is 2.16. The molecule has 0 radical (unpaired) electrons. The van der Waals surface area contributed by atoms with Crippen molar-refractivity contribution in [1.82, 2.24) is 0 Å². The van der Waals surface area contributed by atoms with Crippen molar-refractivity contribution >= 4 is 11.4 Å². The lowest BCUT2D eigenvalue weighted by molar-refractivity contribution is 0.861. The average molecular weight is 199 g/mol. The topological polar surface area (TPSA) is 54.2 Å². The second-order valence-electron chi connectivity index (χ2n) is 3.80. The summed E-state index contributed by atoms with van der Waals surface area (Å²) in [5, 5.41) is 8.86. The predicted octanol–water partition coefficient (Wildman–Crippen LogP) is 3.12. The zero-order valence-corrected chi connectivity index (χ0v) is 9.13. The molecular weight excluding hydrogens is 186 g/mol. The molecular formula is C12H13N3. The summed E-state index contributed by atoms with van der Waals surface area (Å²) in [4.78, 5) is 3.43. The lowest BCUT2D eigenvalue weighted by atomic mass is 9.93. The van der Waals surface area contributed by atoms with Gasteiger partial charge in [0.1, 0.15) is 0 Å². The summed E-state index contributed by atoms with van der Waals surface area (Å²) in [6, 6.07) is 3.76. The van der Waals surface area contributed by atoms with Crippen molar-refractivity contribution in [3.8, 4) is 6.07 Å². The molecule has 0 bridgehead atoms. The molecule has 1 rings (SSSR count). The summed E-state index contributed by atoms with van der Waals surface area (Å²) in [5.74, 6) is 0.240. The molecule has 0 saturated carbocycles. The number of nitrogen functional groups attached to an aromatic ring is 1. The van der Waals surface area contributed by atoms with Gasteiger partial charge in [-0.15, -0.1) is 0 Å². The van der Waals surface area contributed by atoms with Crippen LogP contribution in [-0.2, 0) is 0 Å². The number of hydrogen-bond donors (Lipinski definition) is 1. The fraction of sp³-hybridized carbons (Fsp3) is 0.333. The smallest absolute Gasteiger partial charge is 0.214 e. The molecule has 0 spiro atoms. The monoisotopic (exact) mass is 199 g/mol. The van der Waals surface area contributed by atoms with Crippen LogP contribution in [0.15, 0.2) is 6.07 Å². The maximum atomic E-state index is 8.86. The van der Waals surface area contributed by atoms with Gasteiger partial charge >= 0.3 is 0 Å². The third-order valence-corrected chi connectivity index (χ3v) is 2.40. The summed E-state index contributed by atoms with van der Waals surface area (Å²) >= 11 is 0. The minimum absolute atomic E-state index is 0.240. The molecule has 0 amide bonds. The number of nitriles is 1. The van der Waals surface area contributed by atoms with Crippen molar-refractivity contribution in [3.05, 3.63) is 34.2 Å². The number of benzene rings is 1. The van der Waals surface area contributed by atoms with Gasteiger partial charge in [-0.25, -0.2) is 4.85 Å². The van der Waals surface area contributed by atoms with Gasteiger partial charge < -0.3 is 5.73 Å². The van der Waals surface area contributed by atoms with Crippen LogP contribution in [0.2, 0.25) is 0 Å². The van der Waals surface area contributed by atoms with Crippen molar-refractivity contribution < 1.29 is 0 Å². The summed E-state index contributed by atoms with van der Waals surface area (Å²) in [6.07, 6.45) is 0. The normalized spacial score (nSPS) is 9.73. The van der Waals surface area contributed by atoms with Crippen LogP contribution in [0.1, 0.15) is 36.5 Å². The molecule has 15 heavy (non-hydrogen) atoms. The number of nitrogens with zero attached hydrogens (tertiary/aromatic N) is 2. The van der Waals surface area contributed by atoms with E-state index in [2.05, 4.69) is 4.85 Å². The molecule has 0 unspecified atom stereocenters. The molecule has 76 valence electrons. The van der Waals surface area contributed by atoms with E-state index < -0.39 is 0 Å². The van der Waals surface area contributed by atoms with Crippen LogP contribution < -0.4 is 5.73 Å². The molecule has 3 heteroatoms. The number of hydrogen-bond acceptors (Lipinski definition) is 2. The molecule has 0 aliphatic carbocycles. The first-order chi connectivity index (χ1) is 7.02. The maximum absolute atomic E-state index is 8.86. The zero-order valence-electron chi connectivity index (χ0n) is 9.13. The number of aryl methyl sites for hydroxylation is 1. The summed E-state index contributed by atoms with van der Waals surface area (Å²) in [7, 11) is 0. The predicted molar refractivity (Wildman–Crippen MR) is 60.7 cm³/mol. The molecule has 0 fully saturated rings. The van der Waals surface area contributed by atoms with E-state index in [0.29, 0.717) is 16.9 Å².